The Kier molecular flexibility index (Phi) is 6.11. The van der Waals surface area contributed by atoms with Crippen LogP contribution in [0, 0.1) is 17.6 Å². The third-order valence-electron chi connectivity index (χ3n) is 6.24. The van der Waals surface area contributed by atoms with Crippen molar-refractivity contribution in [2.45, 2.75) is 57.2 Å². The van der Waals surface area contributed by atoms with Crippen molar-refractivity contribution in [3.8, 4) is 0 Å². The Bertz CT molecular complexity index is 904. The monoisotopic (exact) mass is 413 g/mol. The van der Waals surface area contributed by atoms with E-state index < -0.39 is 11.6 Å². The first-order valence-corrected chi connectivity index (χ1v) is 10.5. The van der Waals surface area contributed by atoms with E-state index in [9.17, 15) is 18.4 Å². The van der Waals surface area contributed by atoms with Gasteiger partial charge in [-0.2, -0.15) is 0 Å². The fourth-order valence-electron chi connectivity index (χ4n) is 4.75. The molecular formula is C24H25F2NO3. The number of ether oxygens (including phenoxy) is 1. The van der Waals surface area contributed by atoms with Crippen LogP contribution in [-0.4, -0.2) is 28.9 Å². The SMILES string of the molecule is O=C(Cc1cccc(F)c1F)C1CC2CCCC(C1)N2C(=O)OCc1ccccc1. The summed E-state index contributed by atoms with van der Waals surface area (Å²) in [5, 5.41) is 0. The summed E-state index contributed by atoms with van der Waals surface area (Å²) in [5.41, 5.74) is 1.02. The number of carbonyl (C=O) groups is 2. The maximum Gasteiger partial charge on any atom is 0.410 e. The second-order valence-electron chi connectivity index (χ2n) is 8.21. The van der Waals surface area contributed by atoms with Gasteiger partial charge in [-0.05, 0) is 49.3 Å². The molecule has 2 heterocycles. The zero-order chi connectivity index (χ0) is 21.1. The summed E-state index contributed by atoms with van der Waals surface area (Å²) >= 11 is 0. The first-order valence-electron chi connectivity index (χ1n) is 10.5. The summed E-state index contributed by atoms with van der Waals surface area (Å²) in [6, 6.07) is 13.3. The van der Waals surface area contributed by atoms with Crippen molar-refractivity contribution < 1.29 is 23.1 Å². The summed E-state index contributed by atoms with van der Waals surface area (Å²) < 4.78 is 32.9. The molecule has 0 N–H and O–H groups in total. The first kappa shape index (κ1) is 20.5. The summed E-state index contributed by atoms with van der Waals surface area (Å²) in [5.74, 6) is -2.23. The molecule has 4 nitrogen and oxygen atoms in total. The van der Waals surface area contributed by atoms with E-state index >= 15 is 0 Å². The Morgan fingerprint density at radius 1 is 0.967 bits per heavy atom. The highest BCUT2D eigenvalue weighted by Gasteiger charge is 2.43. The molecule has 158 valence electrons. The number of ketones is 1. The Labute approximate surface area is 174 Å². The molecule has 6 heteroatoms. The fourth-order valence-corrected chi connectivity index (χ4v) is 4.75. The number of Topliss-reactive ketones (excluding diaryl/α,β-unsaturated/α-hetero) is 1. The highest BCUT2D eigenvalue weighted by molar-refractivity contribution is 5.84. The van der Waals surface area contributed by atoms with Gasteiger partial charge in [0.1, 0.15) is 12.4 Å². The molecule has 1 amide bonds. The van der Waals surface area contributed by atoms with Crippen molar-refractivity contribution in [3.63, 3.8) is 0 Å². The molecule has 2 saturated heterocycles. The molecule has 2 aromatic rings. The average Bonchev–Trinajstić information content (AvgIpc) is 2.75. The fraction of sp³-hybridized carbons (Fsp3) is 0.417. The van der Waals surface area contributed by atoms with Gasteiger partial charge in [0, 0.05) is 24.4 Å². The zero-order valence-corrected chi connectivity index (χ0v) is 16.7. The molecule has 2 aliphatic rings. The van der Waals surface area contributed by atoms with Crippen LogP contribution in [0.2, 0.25) is 0 Å². The van der Waals surface area contributed by atoms with Crippen LogP contribution in [0.1, 0.15) is 43.2 Å². The van der Waals surface area contributed by atoms with E-state index in [1.54, 1.807) is 4.90 Å². The van der Waals surface area contributed by atoms with Crippen LogP contribution >= 0.6 is 0 Å². The quantitative estimate of drug-likeness (QED) is 0.689. The first-order chi connectivity index (χ1) is 14.5. The van der Waals surface area contributed by atoms with Crippen LogP contribution in [0.4, 0.5) is 13.6 Å². The van der Waals surface area contributed by atoms with Gasteiger partial charge in [-0.1, -0.05) is 42.5 Å². The van der Waals surface area contributed by atoms with Gasteiger partial charge in [-0.25, -0.2) is 13.6 Å². The zero-order valence-electron chi connectivity index (χ0n) is 16.7. The molecule has 2 fully saturated rings. The number of hydrogen-bond acceptors (Lipinski definition) is 3. The van der Waals surface area contributed by atoms with Crippen LogP contribution in [0.25, 0.3) is 0 Å². The standard InChI is InChI=1S/C24H25F2NO3/c25-21-11-4-8-17(23(21)26)14-22(28)18-12-19-9-5-10-20(13-18)27(19)24(29)30-15-16-6-2-1-3-7-16/h1-4,6-8,11,18-20H,5,9-10,12-15H2. The predicted molar refractivity (Wildman–Crippen MR) is 108 cm³/mol. The molecular weight excluding hydrogens is 388 g/mol. The predicted octanol–water partition coefficient (Wildman–Crippen LogP) is 5.05. The minimum absolute atomic E-state index is 0.0490. The third-order valence-corrected chi connectivity index (χ3v) is 6.24. The van der Waals surface area contributed by atoms with Crippen LogP contribution in [0.15, 0.2) is 48.5 Å². The van der Waals surface area contributed by atoms with Gasteiger partial charge in [0.15, 0.2) is 11.6 Å². The van der Waals surface area contributed by atoms with Gasteiger partial charge in [0.25, 0.3) is 0 Å². The second kappa shape index (κ2) is 8.94. The Balaban J connectivity index is 1.39. The lowest BCUT2D eigenvalue weighted by atomic mass is 9.76. The van der Waals surface area contributed by atoms with Gasteiger partial charge < -0.3 is 9.64 Å². The summed E-state index contributed by atoms with van der Waals surface area (Å²) in [7, 11) is 0. The van der Waals surface area contributed by atoms with Crippen molar-refractivity contribution in [3.05, 3.63) is 71.3 Å². The number of amides is 1. The van der Waals surface area contributed by atoms with E-state index in [1.807, 2.05) is 30.3 Å². The maximum atomic E-state index is 14.0. The van der Waals surface area contributed by atoms with E-state index in [2.05, 4.69) is 0 Å². The molecule has 30 heavy (non-hydrogen) atoms. The Morgan fingerprint density at radius 2 is 1.67 bits per heavy atom. The number of halogens is 2. The van der Waals surface area contributed by atoms with E-state index in [0.29, 0.717) is 12.8 Å². The number of carbonyl (C=O) groups excluding carboxylic acids is 2. The largest absolute Gasteiger partial charge is 0.445 e. The number of rotatable bonds is 5. The molecule has 2 bridgehead atoms. The normalized spacial score (nSPS) is 23.1. The summed E-state index contributed by atoms with van der Waals surface area (Å²) in [6.45, 7) is 0.219. The Morgan fingerprint density at radius 3 is 2.37 bits per heavy atom. The molecule has 0 aliphatic carbocycles. The maximum absolute atomic E-state index is 14.0. The number of fused-ring (bicyclic) bond motifs is 2. The lowest BCUT2D eigenvalue weighted by Crippen LogP contribution is -2.55. The molecule has 2 atom stereocenters. The molecule has 2 aromatic carbocycles. The van der Waals surface area contributed by atoms with Crippen molar-refractivity contribution >= 4 is 11.9 Å². The van der Waals surface area contributed by atoms with Crippen molar-refractivity contribution in [2.24, 2.45) is 5.92 Å². The van der Waals surface area contributed by atoms with E-state index in [-0.39, 0.29) is 48.5 Å². The number of benzene rings is 2. The molecule has 0 aromatic heterocycles. The lowest BCUT2D eigenvalue weighted by Gasteiger charge is -2.47. The van der Waals surface area contributed by atoms with Gasteiger partial charge in [-0.3, -0.25) is 4.79 Å². The van der Waals surface area contributed by atoms with Crippen molar-refractivity contribution in [1.29, 1.82) is 0 Å². The van der Waals surface area contributed by atoms with Crippen LogP contribution in [0.5, 0.6) is 0 Å². The molecule has 2 unspecified atom stereocenters. The minimum atomic E-state index is -0.951. The average molecular weight is 413 g/mol. The molecule has 0 spiro atoms. The molecule has 4 rings (SSSR count). The second-order valence-corrected chi connectivity index (χ2v) is 8.21. The highest BCUT2D eigenvalue weighted by Crippen LogP contribution is 2.38. The summed E-state index contributed by atoms with van der Waals surface area (Å²) in [4.78, 5) is 27.4. The van der Waals surface area contributed by atoms with Crippen molar-refractivity contribution in [2.75, 3.05) is 0 Å². The smallest absolute Gasteiger partial charge is 0.410 e. The molecule has 2 aliphatic heterocycles. The number of piperidine rings is 2. The van der Waals surface area contributed by atoms with E-state index in [0.717, 1.165) is 30.9 Å². The van der Waals surface area contributed by atoms with Crippen molar-refractivity contribution in [1.82, 2.24) is 4.90 Å². The number of nitrogens with zero attached hydrogens (tertiary/aromatic N) is 1. The van der Waals surface area contributed by atoms with Gasteiger partial charge in [0.2, 0.25) is 0 Å². The lowest BCUT2D eigenvalue weighted by molar-refractivity contribution is -0.126. The van der Waals surface area contributed by atoms with Gasteiger partial charge in [0.05, 0.1) is 0 Å². The van der Waals surface area contributed by atoms with Crippen LogP contribution < -0.4 is 0 Å². The third kappa shape index (κ3) is 4.37. The van der Waals surface area contributed by atoms with Gasteiger partial charge >= 0.3 is 6.09 Å². The van der Waals surface area contributed by atoms with E-state index in [4.69, 9.17) is 4.74 Å². The Hall–Kier alpha value is -2.76. The van der Waals surface area contributed by atoms with Gasteiger partial charge in [-0.15, -0.1) is 0 Å². The van der Waals surface area contributed by atoms with E-state index in [1.165, 1.54) is 12.1 Å². The van der Waals surface area contributed by atoms with Crippen LogP contribution in [-0.2, 0) is 22.6 Å². The molecule has 0 saturated carbocycles. The van der Waals surface area contributed by atoms with Crippen LogP contribution in [0.3, 0.4) is 0 Å². The summed E-state index contributed by atoms with van der Waals surface area (Å²) in [6.07, 6.45) is 3.31. The number of hydrogen-bond donors (Lipinski definition) is 0. The topological polar surface area (TPSA) is 46.6 Å². The highest BCUT2D eigenvalue weighted by atomic mass is 19.2. The molecule has 0 radical (unpaired) electrons. The minimum Gasteiger partial charge on any atom is -0.445 e.